The summed E-state index contributed by atoms with van der Waals surface area (Å²) in [5.74, 6) is 0.677. The lowest BCUT2D eigenvalue weighted by Gasteiger charge is -2.11. The van der Waals surface area contributed by atoms with Gasteiger partial charge in [-0.25, -0.2) is 9.97 Å². The van der Waals surface area contributed by atoms with E-state index in [1.54, 1.807) is 11.3 Å². The van der Waals surface area contributed by atoms with E-state index >= 15 is 0 Å². The van der Waals surface area contributed by atoms with Crippen molar-refractivity contribution < 1.29 is 0 Å². The van der Waals surface area contributed by atoms with Gasteiger partial charge in [0.1, 0.15) is 0 Å². The van der Waals surface area contributed by atoms with E-state index in [4.69, 9.17) is 9.97 Å². The molecule has 0 amide bonds. The van der Waals surface area contributed by atoms with E-state index in [2.05, 4.69) is 179 Å². The summed E-state index contributed by atoms with van der Waals surface area (Å²) in [5, 5.41) is 11.1. The Morgan fingerprint density at radius 3 is 1.91 bits per heavy atom. The number of nitrogens with zero attached hydrogens (tertiary/aromatic N) is 4. The minimum absolute atomic E-state index is 0.677. The van der Waals surface area contributed by atoms with Crippen LogP contribution in [0.2, 0.25) is 0 Å². The standard InChI is InChI=1S/C50H28N4S/c1-2-12-29(13-3-1)30-22-24-31(25-23-30)46-49-47(36-18-8-11-21-43(36)55-49)52-50(51-46)54-40-20-10-7-17-35(40)44-42(54)28-37-34-16-6-9-19-39(34)53-41-27-33-15-5-4-14-32(33)26-38(41)45(44)48(37)53/h1-28H. The smallest absolute Gasteiger partial charge is 0.235 e. The van der Waals surface area contributed by atoms with E-state index in [0.29, 0.717) is 5.95 Å². The number of fused-ring (bicyclic) bond motifs is 14. The van der Waals surface area contributed by atoms with Crippen LogP contribution in [0.3, 0.4) is 0 Å². The monoisotopic (exact) mass is 716 g/mol. The van der Waals surface area contributed by atoms with Gasteiger partial charge in [-0.15, -0.1) is 11.3 Å². The Morgan fingerprint density at radius 2 is 1.07 bits per heavy atom. The third-order valence-corrected chi connectivity index (χ3v) is 12.8. The Kier molecular flexibility index (Phi) is 5.74. The zero-order valence-corrected chi connectivity index (χ0v) is 30.2. The van der Waals surface area contributed by atoms with E-state index in [-0.39, 0.29) is 0 Å². The van der Waals surface area contributed by atoms with Crippen molar-refractivity contribution in [1.29, 1.82) is 0 Å². The van der Waals surface area contributed by atoms with Crippen LogP contribution in [0.1, 0.15) is 0 Å². The quantitative estimate of drug-likeness (QED) is 0.182. The Labute approximate surface area is 318 Å². The first-order chi connectivity index (χ1) is 27.3. The summed E-state index contributed by atoms with van der Waals surface area (Å²) in [4.78, 5) is 11.1. The van der Waals surface area contributed by atoms with E-state index < -0.39 is 0 Å². The van der Waals surface area contributed by atoms with E-state index in [9.17, 15) is 0 Å². The minimum Gasteiger partial charge on any atom is -0.308 e. The van der Waals surface area contributed by atoms with Crippen LogP contribution in [0.4, 0.5) is 0 Å². The maximum Gasteiger partial charge on any atom is 0.235 e. The van der Waals surface area contributed by atoms with Crippen molar-refractivity contribution in [2.45, 2.75) is 0 Å². The molecule has 0 aliphatic heterocycles. The lowest BCUT2D eigenvalue weighted by Crippen LogP contribution is -2.02. The average molecular weight is 717 g/mol. The predicted molar refractivity (Wildman–Crippen MR) is 232 cm³/mol. The molecule has 5 aromatic heterocycles. The molecule has 5 heterocycles. The maximum absolute atomic E-state index is 5.55. The zero-order valence-electron chi connectivity index (χ0n) is 29.4. The molecule has 55 heavy (non-hydrogen) atoms. The molecule has 0 aliphatic rings. The highest BCUT2D eigenvalue weighted by Crippen LogP contribution is 2.48. The Hall–Kier alpha value is -7.08. The van der Waals surface area contributed by atoms with Gasteiger partial charge in [-0.1, -0.05) is 133 Å². The summed E-state index contributed by atoms with van der Waals surface area (Å²) in [6.07, 6.45) is 0. The van der Waals surface area contributed by atoms with E-state index in [1.807, 2.05) is 0 Å². The topological polar surface area (TPSA) is 35.1 Å². The van der Waals surface area contributed by atoms with Crippen molar-refractivity contribution in [3.8, 4) is 28.3 Å². The van der Waals surface area contributed by atoms with Gasteiger partial charge in [-0.3, -0.25) is 4.57 Å². The second kappa shape index (κ2) is 10.8. The molecule has 0 unspecified atom stereocenters. The SMILES string of the molecule is c1ccc(-c2ccc(-c3nc(-n4c5ccccc5c5c6c7cc8ccccc8cc7n7c8ccccc8c(cc54)c67)nc4c3sc3ccccc34)cc2)cc1. The summed E-state index contributed by atoms with van der Waals surface area (Å²) >= 11 is 1.77. The van der Waals surface area contributed by atoms with Gasteiger partial charge in [0.2, 0.25) is 5.95 Å². The molecule has 0 radical (unpaired) electrons. The van der Waals surface area contributed by atoms with Crippen molar-refractivity contribution in [1.82, 2.24) is 18.9 Å². The number of para-hydroxylation sites is 2. The highest BCUT2D eigenvalue weighted by atomic mass is 32.1. The molecule has 0 saturated heterocycles. The fourth-order valence-electron chi connectivity index (χ4n) is 9.24. The summed E-state index contributed by atoms with van der Waals surface area (Å²) in [7, 11) is 0. The minimum atomic E-state index is 0.677. The number of hydrogen-bond donors (Lipinski definition) is 0. The molecule has 5 heteroatoms. The van der Waals surface area contributed by atoms with Crippen LogP contribution in [-0.2, 0) is 0 Å². The number of hydrogen-bond acceptors (Lipinski definition) is 3. The lowest BCUT2D eigenvalue weighted by molar-refractivity contribution is 1.02. The highest BCUT2D eigenvalue weighted by Gasteiger charge is 2.26. The fraction of sp³-hybridized carbons (Fsp3) is 0. The number of rotatable bonds is 3. The predicted octanol–water partition coefficient (Wildman–Crippen LogP) is 13.6. The van der Waals surface area contributed by atoms with Crippen LogP contribution in [-0.4, -0.2) is 18.9 Å². The van der Waals surface area contributed by atoms with Gasteiger partial charge >= 0.3 is 0 Å². The van der Waals surface area contributed by atoms with Gasteiger partial charge in [0.15, 0.2) is 0 Å². The van der Waals surface area contributed by atoms with Gasteiger partial charge in [-0.05, 0) is 58.3 Å². The largest absolute Gasteiger partial charge is 0.308 e. The Bertz CT molecular complexity index is 3700. The third kappa shape index (κ3) is 3.94. The van der Waals surface area contributed by atoms with Gasteiger partial charge in [0.25, 0.3) is 0 Å². The molecule has 0 atom stereocenters. The molecule has 0 spiro atoms. The highest BCUT2D eigenvalue weighted by molar-refractivity contribution is 7.26. The van der Waals surface area contributed by atoms with E-state index in [0.717, 1.165) is 37.9 Å². The Morgan fingerprint density at radius 1 is 0.418 bits per heavy atom. The molecule has 13 rings (SSSR count). The second-order valence-corrected chi connectivity index (χ2v) is 15.6. The molecule has 4 nitrogen and oxygen atoms in total. The molecular weight excluding hydrogens is 689 g/mol. The molecule has 254 valence electrons. The zero-order chi connectivity index (χ0) is 35.8. The number of thiophene rings is 1. The molecule has 0 N–H and O–H groups in total. The van der Waals surface area contributed by atoms with Crippen molar-refractivity contribution >= 4 is 102 Å². The van der Waals surface area contributed by atoms with Gasteiger partial charge < -0.3 is 4.40 Å². The van der Waals surface area contributed by atoms with Crippen LogP contribution in [0.25, 0.3) is 119 Å². The summed E-state index contributed by atoms with van der Waals surface area (Å²) in [6, 6.07) is 61.5. The molecule has 0 aliphatic carbocycles. The molecule has 0 fully saturated rings. The van der Waals surface area contributed by atoms with Crippen molar-refractivity contribution in [3.63, 3.8) is 0 Å². The molecule has 0 bridgehead atoms. The van der Waals surface area contributed by atoms with Crippen LogP contribution in [0, 0.1) is 0 Å². The lowest BCUT2D eigenvalue weighted by atomic mass is 10.0. The van der Waals surface area contributed by atoms with Gasteiger partial charge in [-0.2, -0.15) is 0 Å². The molecule has 8 aromatic carbocycles. The number of aromatic nitrogens is 4. The summed E-state index contributed by atoms with van der Waals surface area (Å²) in [6.45, 7) is 0. The Balaban J connectivity index is 1.18. The van der Waals surface area contributed by atoms with Crippen LogP contribution in [0.15, 0.2) is 170 Å². The van der Waals surface area contributed by atoms with Crippen LogP contribution >= 0.6 is 11.3 Å². The normalized spacial score (nSPS) is 12.4. The van der Waals surface area contributed by atoms with Crippen molar-refractivity contribution in [2.75, 3.05) is 0 Å². The summed E-state index contributed by atoms with van der Waals surface area (Å²) < 4.78 is 7.12. The average Bonchev–Trinajstić information content (AvgIpc) is 3.98. The van der Waals surface area contributed by atoms with Gasteiger partial charge in [0, 0.05) is 48.0 Å². The molecule has 0 saturated carbocycles. The van der Waals surface area contributed by atoms with Gasteiger partial charge in [0.05, 0.1) is 43.5 Å². The maximum atomic E-state index is 5.55. The first-order valence-corrected chi connectivity index (χ1v) is 19.5. The van der Waals surface area contributed by atoms with E-state index in [1.165, 1.54) is 75.5 Å². The first-order valence-electron chi connectivity index (χ1n) is 18.7. The number of benzene rings is 8. The fourth-order valence-corrected chi connectivity index (χ4v) is 10.4. The van der Waals surface area contributed by atoms with Crippen molar-refractivity contribution in [3.05, 3.63) is 170 Å². The summed E-state index contributed by atoms with van der Waals surface area (Å²) in [5.41, 5.74) is 11.3. The van der Waals surface area contributed by atoms with Crippen LogP contribution in [0.5, 0.6) is 0 Å². The third-order valence-electron chi connectivity index (χ3n) is 11.6. The molecular formula is C50H28N4S. The first kappa shape index (κ1) is 29.4. The van der Waals surface area contributed by atoms with Crippen molar-refractivity contribution in [2.24, 2.45) is 0 Å². The molecule has 13 aromatic rings. The van der Waals surface area contributed by atoms with Crippen LogP contribution < -0.4 is 0 Å². The second-order valence-electron chi connectivity index (χ2n) is 14.6.